The molecule has 0 amide bonds. The van der Waals surface area contributed by atoms with Crippen molar-refractivity contribution in [2.75, 3.05) is 0 Å². The molecular weight excluding hydrogens is 321 g/mol. The van der Waals surface area contributed by atoms with E-state index in [1.165, 1.54) is 6.07 Å². The summed E-state index contributed by atoms with van der Waals surface area (Å²) in [6.45, 7) is 3.52. The van der Waals surface area contributed by atoms with Crippen LogP contribution < -0.4 is 0 Å². The van der Waals surface area contributed by atoms with Crippen LogP contribution in [0.25, 0.3) is 11.3 Å². The Bertz CT molecular complexity index is 973. The number of nitrogens with zero attached hydrogens (tertiary/aromatic N) is 1. The van der Waals surface area contributed by atoms with Crippen LogP contribution in [0.5, 0.6) is 0 Å². The molecule has 0 aliphatic rings. The van der Waals surface area contributed by atoms with Crippen LogP contribution in [-0.4, -0.2) is 17.3 Å². The largest absolute Gasteiger partial charge is 0.478 e. The van der Waals surface area contributed by atoms with Crippen molar-refractivity contribution in [2.45, 2.75) is 13.8 Å². The van der Waals surface area contributed by atoms with E-state index in [0.717, 1.165) is 11.1 Å². The maximum atomic E-state index is 13.3. The first-order valence-corrected chi connectivity index (χ1v) is 7.68. The van der Waals surface area contributed by atoms with Crippen LogP contribution in [0.1, 0.15) is 27.2 Å². The summed E-state index contributed by atoms with van der Waals surface area (Å²) in [5.41, 5.74) is 3.04. The molecule has 1 aromatic heterocycles. The molecule has 0 saturated carbocycles. The minimum Gasteiger partial charge on any atom is -0.478 e. The monoisotopic (exact) mass is 337 g/mol. The molecule has 0 aliphatic heterocycles. The molecule has 25 heavy (non-hydrogen) atoms. The van der Waals surface area contributed by atoms with Crippen LogP contribution in [0, 0.1) is 19.7 Å². The van der Waals surface area contributed by atoms with Crippen molar-refractivity contribution < 1.29 is 18.7 Å². The van der Waals surface area contributed by atoms with Gasteiger partial charge in [0.05, 0.1) is 17.5 Å². The van der Waals surface area contributed by atoms with Gasteiger partial charge < -0.3 is 9.52 Å². The van der Waals surface area contributed by atoms with Gasteiger partial charge in [0.2, 0.25) is 0 Å². The molecule has 1 N–H and O–H groups in total. The molecule has 0 saturated heterocycles. The van der Waals surface area contributed by atoms with Crippen LogP contribution in [0.2, 0.25) is 0 Å². The number of benzene rings is 2. The number of carboxylic acid groups (broad SMARTS) is 1. The molecule has 0 spiro atoms. The Morgan fingerprint density at radius 1 is 1.08 bits per heavy atom. The van der Waals surface area contributed by atoms with Gasteiger partial charge in [0.15, 0.2) is 0 Å². The molecule has 2 aromatic carbocycles. The van der Waals surface area contributed by atoms with Gasteiger partial charge in [-0.2, -0.15) is 0 Å². The molecule has 4 nitrogen and oxygen atoms in total. The molecule has 0 unspecified atom stereocenters. The third-order valence-corrected chi connectivity index (χ3v) is 3.85. The lowest BCUT2D eigenvalue weighted by atomic mass is 10.0. The van der Waals surface area contributed by atoms with Crippen LogP contribution in [-0.2, 0) is 0 Å². The third-order valence-electron chi connectivity index (χ3n) is 3.85. The average Bonchev–Trinajstić information content (AvgIpc) is 3.04. The summed E-state index contributed by atoms with van der Waals surface area (Å²) in [5, 5.41) is 9.03. The van der Waals surface area contributed by atoms with Crippen LogP contribution in [0.15, 0.2) is 57.9 Å². The Hall–Kier alpha value is -3.21. The second kappa shape index (κ2) is 6.73. The van der Waals surface area contributed by atoms with Crippen molar-refractivity contribution in [1.82, 2.24) is 0 Å². The molecular formula is C20H16FNO3. The summed E-state index contributed by atoms with van der Waals surface area (Å²) in [4.78, 5) is 15.3. The fourth-order valence-corrected chi connectivity index (χ4v) is 2.49. The van der Waals surface area contributed by atoms with Gasteiger partial charge in [0.25, 0.3) is 0 Å². The molecule has 5 heteroatoms. The normalized spacial score (nSPS) is 11.2. The van der Waals surface area contributed by atoms with E-state index < -0.39 is 5.97 Å². The van der Waals surface area contributed by atoms with Crippen molar-refractivity contribution in [3.63, 3.8) is 0 Å². The summed E-state index contributed by atoms with van der Waals surface area (Å²) >= 11 is 0. The first-order chi connectivity index (χ1) is 11.9. The fraction of sp³-hybridized carbons (Fsp3) is 0.100. The average molecular weight is 337 g/mol. The summed E-state index contributed by atoms with van der Waals surface area (Å²) in [7, 11) is 0. The minimum atomic E-state index is -0.962. The number of rotatable bonds is 4. The molecule has 0 fully saturated rings. The summed E-state index contributed by atoms with van der Waals surface area (Å²) < 4.78 is 19.0. The molecule has 3 rings (SSSR count). The number of aromatic carboxylic acids is 1. The van der Waals surface area contributed by atoms with E-state index in [-0.39, 0.29) is 11.4 Å². The smallest absolute Gasteiger partial charge is 0.335 e. The van der Waals surface area contributed by atoms with Gasteiger partial charge in [-0.15, -0.1) is 0 Å². The Labute approximate surface area is 144 Å². The lowest BCUT2D eigenvalue weighted by molar-refractivity contribution is 0.0697. The zero-order valence-corrected chi connectivity index (χ0v) is 13.8. The van der Waals surface area contributed by atoms with Crippen molar-refractivity contribution in [1.29, 1.82) is 0 Å². The van der Waals surface area contributed by atoms with E-state index in [1.54, 1.807) is 55.6 Å². The van der Waals surface area contributed by atoms with Gasteiger partial charge >= 0.3 is 5.97 Å². The highest BCUT2D eigenvalue weighted by atomic mass is 19.1. The maximum absolute atomic E-state index is 13.3. The van der Waals surface area contributed by atoms with Crippen LogP contribution in [0.3, 0.4) is 0 Å². The highest BCUT2D eigenvalue weighted by Crippen LogP contribution is 2.26. The third kappa shape index (κ3) is 3.66. The SMILES string of the molecule is Cc1cc(N=Cc2ccc(-c3ccc(C(=O)O)cc3C)o2)ccc1F. The van der Waals surface area contributed by atoms with E-state index in [1.807, 2.05) is 6.92 Å². The van der Waals surface area contributed by atoms with Crippen molar-refractivity contribution >= 4 is 17.9 Å². The number of aliphatic imine (C=N–C) groups is 1. The van der Waals surface area contributed by atoms with E-state index in [2.05, 4.69) is 4.99 Å². The van der Waals surface area contributed by atoms with Crippen LogP contribution in [0.4, 0.5) is 10.1 Å². The summed E-state index contributed by atoms with van der Waals surface area (Å²) in [6, 6.07) is 13.1. The summed E-state index contributed by atoms with van der Waals surface area (Å²) in [6.07, 6.45) is 1.57. The van der Waals surface area contributed by atoms with E-state index in [0.29, 0.717) is 22.8 Å². The highest BCUT2D eigenvalue weighted by molar-refractivity contribution is 5.89. The number of halogens is 1. The lowest BCUT2D eigenvalue weighted by Gasteiger charge is -2.03. The zero-order valence-electron chi connectivity index (χ0n) is 13.8. The molecule has 126 valence electrons. The zero-order chi connectivity index (χ0) is 18.0. The number of hydrogen-bond acceptors (Lipinski definition) is 3. The van der Waals surface area contributed by atoms with E-state index >= 15 is 0 Å². The number of carbonyl (C=O) groups is 1. The fourth-order valence-electron chi connectivity index (χ4n) is 2.49. The quantitative estimate of drug-likeness (QED) is 0.670. The first kappa shape index (κ1) is 16.6. The van der Waals surface area contributed by atoms with Gasteiger partial charge in [0, 0.05) is 5.56 Å². The first-order valence-electron chi connectivity index (χ1n) is 7.68. The van der Waals surface area contributed by atoms with Gasteiger partial charge in [-0.25, -0.2) is 9.18 Å². The summed E-state index contributed by atoms with van der Waals surface area (Å²) in [5.74, 6) is -0.0408. The molecule has 0 aliphatic carbocycles. The second-order valence-electron chi connectivity index (χ2n) is 5.73. The Morgan fingerprint density at radius 2 is 1.88 bits per heavy atom. The van der Waals surface area contributed by atoms with Crippen molar-refractivity contribution in [3.8, 4) is 11.3 Å². The number of furan rings is 1. The lowest BCUT2D eigenvalue weighted by Crippen LogP contribution is -1.96. The van der Waals surface area contributed by atoms with Crippen LogP contribution >= 0.6 is 0 Å². The Kier molecular flexibility index (Phi) is 4.48. The minimum absolute atomic E-state index is 0.237. The molecule has 0 radical (unpaired) electrons. The van der Waals surface area contributed by atoms with Gasteiger partial charge in [0.1, 0.15) is 17.3 Å². The van der Waals surface area contributed by atoms with Gasteiger partial charge in [-0.1, -0.05) is 6.07 Å². The van der Waals surface area contributed by atoms with E-state index in [4.69, 9.17) is 9.52 Å². The predicted octanol–water partition coefficient (Wildman–Crippen LogP) is 5.15. The Balaban J connectivity index is 1.84. The topological polar surface area (TPSA) is 62.8 Å². The van der Waals surface area contributed by atoms with Crippen molar-refractivity contribution in [3.05, 3.63) is 76.8 Å². The Morgan fingerprint density at radius 3 is 2.56 bits per heavy atom. The predicted molar refractivity (Wildman–Crippen MR) is 94.2 cm³/mol. The standard InChI is InChI=1S/C20H16FNO3/c1-12-9-14(20(23)24)3-6-17(12)19-8-5-16(25-19)11-22-15-4-7-18(21)13(2)10-15/h3-11H,1-2H3,(H,23,24). The molecule has 3 aromatic rings. The molecule has 0 atom stereocenters. The number of hydrogen-bond donors (Lipinski definition) is 1. The number of aryl methyl sites for hydroxylation is 2. The second-order valence-corrected chi connectivity index (χ2v) is 5.73. The molecule has 0 bridgehead atoms. The van der Waals surface area contributed by atoms with Gasteiger partial charge in [-0.05, 0) is 67.4 Å². The van der Waals surface area contributed by atoms with Gasteiger partial charge in [-0.3, -0.25) is 4.99 Å². The van der Waals surface area contributed by atoms with Crippen molar-refractivity contribution in [2.24, 2.45) is 4.99 Å². The number of carboxylic acids is 1. The molecule has 1 heterocycles. The maximum Gasteiger partial charge on any atom is 0.335 e. The van der Waals surface area contributed by atoms with E-state index in [9.17, 15) is 9.18 Å². The highest BCUT2D eigenvalue weighted by Gasteiger charge is 2.10.